The van der Waals surface area contributed by atoms with E-state index in [1.165, 1.54) is 12.8 Å². The van der Waals surface area contributed by atoms with Crippen molar-refractivity contribution in [2.24, 2.45) is 11.8 Å². The molecule has 0 saturated carbocycles. The van der Waals surface area contributed by atoms with Gasteiger partial charge in [-0.2, -0.15) is 0 Å². The van der Waals surface area contributed by atoms with E-state index in [-0.39, 0.29) is 5.92 Å². The molecule has 2 atom stereocenters. The van der Waals surface area contributed by atoms with Crippen molar-refractivity contribution in [1.82, 2.24) is 4.90 Å². The van der Waals surface area contributed by atoms with Crippen LogP contribution in [0, 0.1) is 11.8 Å². The Balaban J connectivity index is 1.86. The zero-order valence-electron chi connectivity index (χ0n) is 13.2. The van der Waals surface area contributed by atoms with Crippen LogP contribution in [0.3, 0.4) is 0 Å². The quantitative estimate of drug-likeness (QED) is 0.923. The van der Waals surface area contributed by atoms with Gasteiger partial charge in [-0.05, 0) is 43.5 Å². The van der Waals surface area contributed by atoms with Crippen molar-refractivity contribution >= 4 is 11.6 Å². The van der Waals surface area contributed by atoms with Crippen molar-refractivity contribution < 1.29 is 5.11 Å². The predicted octanol–water partition coefficient (Wildman–Crippen LogP) is 3.92. The Morgan fingerprint density at radius 3 is 2.22 bits per heavy atom. The Bertz CT molecular complexity index is 681. The van der Waals surface area contributed by atoms with Gasteiger partial charge >= 0.3 is 0 Å². The Labute approximate surface area is 142 Å². The summed E-state index contributed by atoms with van der Waals surface area (Å²) in [6.45, 7) is 3.27. The third-order valence-electron chi connectivity index (χ3n) is 5.69. The van der Waals surface area contributed by atoms with Crippen molar-refractivity contribution in [2.45, 2.75) is 18.4 Å². The number of benzene rings is 2. The average Bonchev–Trinajstić information content (AvgIpc) is 2.63. The van der Waals surface area contributed by atoms with Crippen LogP contribution in [0.2, 0.25) is 5.02 Å². The first-order valence-electron chi connectivity index (χ1n) is 8.45. The molecule has 3 heterocycles. The summed E-state index contributed by atoms with van der Waals surface area (Å²) in [4.78, 5) is 2.48. The van der Waals surface area contributed by atoms with Gasteiger partial charge < -0.3 is 10.0 Å². The van der Waals surface area contributed by atoms with E-state index in [0.29, 0.717) is 10.9 Å². The van der Waals surface area contributed by atoms with Crippen LogP contribution in [-0.4, -0.2) is 29.6 Å². The second kappa shape index (κ2) is 5.94. The van der Waals surface area contributed by atoms with Gasteiger partial charge in [-0.1, -0.05) is 60.1 Å². The summed E-state index contributed by atoms with van der Waals surface area (Å²) in [5, 5.41) is 12.6. The highest BCUT2D eigenvalue weighted by molar-refractivity contribution is 6.31. The molecule has 0 aromatic heterocycles. The molecule has 3 fully saturated rings. The zero-order chi connectivity index (χ0) is 15.9. The first-order valence-corrected chi connectivity index (χ1v) is 8.82. The van der Waals surface area contributed by atoms with Gasteiger partial charge in [0.15, 0.2) is 0 Å². The van der Waals surface area contributed by atoms with Crippen molar-refractivity contribution in [3.05, 3.63) is 70.7 Å². The van der Waals surface area contributed by atoms with E-state index in [2.05, 4.69) is 4.90 Å². The number of fused-ring (bicyclic) bond motifs is 3. The average molecular weight is 328 g/mol. The van der Waals surface area contributed by atoms with Crippen LogP contribution in [0.1, 0.15) is 24.0 Å². The first-order chi connectivity index (χ1) is 11.2. The lowest BCUT2D eigenvalue weighted by atomic mass is 9.65. The van der Waals surface area contributed by atoms with Crippen molar-refractivity contribution in [3.8, 4) is 0 Å². The molecule has 120 valence electrons. The van der Waals surface area contributed by atoms with Gasteiger partial charge in [0.1, 0.15) is 5.60 Å². The molecule has 2 nitrogen and oxygen atoms in total. The van der Waals surface area contributed by atoms with Gasteiger partial charge in [0.25, 0.3) is 0 Å². The van der Waals surface area contributed by atoms with E-state index >= 15 is 0 Å². The highest BCUT2D eigenvalue weighted by Crippen LogP contribution is 2.48. The molecule has 23 heavy (non-hydrogen) atoms. The molecule has 0 spiro atoms. The molecule has 3 aliphatic rings. The summed E-state index contributed by atoms with van der Waals surface area (Å²) in [5.74, 6) is 0.744. The third kappa shape index (κ3) is 2.50. The van der Waals surface area contributed by atoms with Gasteiger partial charge in [-0.15, -0.1) is 0 Å². The number of halogens is 1. The lowest BCUT2D eigenvalue weighted by molar-refractivity contribution is -0.0763. The van der Waals surface area contributed by atoms with Crippen LogP contribution in [-0.2, 0) is 5.60 Å². The maximum atomic E-state index is 12.0. The number of hydrogen-bond donors (Lipinski definition) is 1. The molecule has 2 aromatic rings. The van der Waals surface area contributed by atoms with Gasteiger partial charge in [-0.25, -0.2) is 0 Å². The van der Waals surface area contributed by atoms with Crippen molar-refractivity contribution in [3.63, 3.8) is 0 Å². The maximum Gasteiger partial charge on any atom is 0.120 e. The Kier molecular flexibility index (Phi) is 3.92. The summed E-state index contributed by atoms with van der Waals surface area (Å²) < 4.78 is 0. The largest absolute Gasteiger partial charge is 0.380 e. The zero-order valence-corrected chi connectivity index (χ0v) is 13.9. The molecule has 3 saturated heterocycles. The first kappa shape index (κ1) is 15.2. The SMILES string of the molecule is O[C@](c1ccccc1)(c1ccccc1Cl)[C@H]1CN2CCC1CC2. The molecule has 0 unspecified atom stereocenters. The van der Waals surface area contributed by atoms with Crippen LogP contribution in [0.25, 0.3) is 0 Å². The number of hydrogen-bond acceptors (Lipinski definition) is 2. The fourth-order valence-electron chi connectivity index (χ4n) is 4.47. The minimum atomic E-state index is -1.02. The topological polar surface area (TPSA) is 23.5 Å². The number of nitrogens with zero attached hydrogens (tertiary/aromatic N) is 1. The van der Waals surface area contributed by atoms with Gasteiger partial charge in [-0.3, -0.25) is 0 Å². The van der Waals surface area contributed by atoms with E-state index in [1.807, 2.05) is 54.6 Å². The van der Waals surface area contributed by atoms with Gasteiger partial charge in [0.05, 0.1) is 0 Å². The minimum Gasteiger partial charge on any atom is -0.380 e. The molecule has 3 aliphatic heterocycles. The monoisotopic (exact) mass is 327 g/mol. The minimum absolute atomic E-state index is 0.187. The van der Waals surface area contributed by atoms with Crippen molar-refractivity contribution in [2.75, 3.05) is 19.6 Å². The molecule has 2 aromatic carbocycles. The number of rotatable bonds is 3. The van der Waals surface area contributed by atoms with E-state index in [1.54, 1.807) is 0 Å². The van der Waals surface area contributed by atoms with Crippen LogP contribution in [0.4, 0.5) is 0 Å². The highest BCUT2D eigenvalue weighted by Gasteiger charge is 2.49. The summed E-state index contributed by atoms with van der Waals surface area (Å²) >= 11 is 6.51. The summed E-state index contributed by atoms with van der Waals surface area (Å²) in [7, 11) is 0. The van der Waals surface area contributed by atoms with E-state index < -0.39 is 5.60 Å². The number of aliphatic hydroxyl groups is 1. The van der Waals surface area contributed by atoms with Crippen LogP contribution < -0.4 is 0 Å². The fourth-order valence-corrected chi connectivity index (χ4v) is 4.75. The predicted molar refractivity (Wildman–Crippen MR) is 93.5 cm³/mol. The van der Waals surface area contributed by atoms with Gasteiger partial charge in [0.2, 0.25) is 0 Å². The summed E-state index contributed by atoms with van der Waals surface area (Å²) in [5.41, 5.74) is 0.766. The van der Waals surface area contributed by atoms with E-state index in [9.17, 15) is 5.11 Å². The highest BCUT2D eigenvalue weighted by atomic mass is 35.5. The molecule has 2 bridgehead atoms. The molecule has 0 radical (unpaired) electrons. The van der Waals surface area contributed by atoms with Crippen LogP contribution in [0.15, 0.2) is 54.6 Å². The van der Waals surface area contributed by atoms with Crippen LogP contribution in [0.5, 0.6) is 0 Å². The lowest BCUT2D eigenvalue weighted by Crippen LogP contribution is -2.55. The summed E-state index contributed by atoms with van der Waals surface area (Å²) in [6.07, 6.45) is 2.34. The third-order valence-corrected chi connectivity index (χ3v) is 6.02. The molecule has 1 N–H and O–H groups in total. The van der Waals surface area contributed by atoms with Crippen molar-refractivity contribution in [1.29, 1.82) is 0 Å². The smallest absolute Gasteiger partial charge is 0.120 e. The van der Waals surface area contributed by atoms with E-state index in [4.69, 9.17) is 11.6 Å². The standard InChI is InChI=1S/C20H22ClNO/c21-19-9-5-4-8-17(19)20(23,16-6-2-1-3-7-16)18-14-22-12-10-15(18)11-13-22/h1-9,15,18,23H,10-14H2/t18-,20+/m0/s1. The second-order valence-corrected chi connectivity index (χ2v) is 7.26. The Morgan fingerprint density at radius 1 is 0.957 bits per heavy atom. The Hall–Kier alpha value is -1.35. The molecule has 3 heteroatoms. The molecule has 5 rings (SSSR count). The van der Waals surface area contributed by atoms with Crippen LogP contribution >= 0.6 is 11.6 Å². The molecular formula is C20H22ClNO. The molecule has 0 aliphatic carbocycles. The fraction of sp³-hybridized carbons (Fsp3) is 0.400. The Morgan fingerprint density at radius 2 is 1.61 bits per heavy atom. The van der Waals surface area contributed by atoms with Gasteiger partial charge in [0, 0.05) is 23.0 Å². The van der Waals surface area contributed by atoms with E-state index in [0.717, 1.165) is 30.8 Å². The summed E-state index contributed by atoms with van der Waals surface area (Å²) in [6, 6.07) is 17.8. The molecular weight excluding hydrogens is 306 g/mol. The molecule has 0 amide bonds. The normalized spacial score (nSPS) is 29.2. The second-order valence-electron chi connectivity index (χ2n) is 6.86. The number of piperidine rings is 3. The lowest BCUT2D eigenvalue weighted by Gasteiger charge is -2.51. The maximum absolute atomic E-state index is 12.0.